The Bertz CT molecular complexity index is 650. The SMILES string of the molecule is COC(=O)[C@@H]1CON(C)[C@H]1c1cc2ccccc2n1C. The molecule has 5 heteroatoms. The summed E-state index contributed by atoms with van der Waals surface area (Å²) in [6, 6.07) is 10.2. The third kappa shape index (κ3) is 1.90. The van der Waals surface area contributed by atoms with Crippen molar-refractivity contribution in [2.75, 3.05) is 20.8 Å². The number of hydrogen-bond acceptors (Lipinski definition) is 4. The summed E-state index contributed by atoms with van der Waals surface area (Å²) in [5, 5.41) is 2.91. The Labute approximate surface area is 117 Å². The fourth-order valence-corrected chi connectivity index (χ4v) is 2.96. The van der Waals surface area contributed by atoms with E-state index in [2.05, 4.69) is 22.8 Å². The molecule has 1 aromatic heterocycles. The van der Waals surface area contributed by atoms with Gasteiger partial charge in [0.15, 0.2) is 0 Å². The standard InChI is InChI=1S/C15H18N2O3/c1-16-12-7-5-4-6-10(12)8-13(16)14-11(15(18)19-3)9-20-17(14)2/h4-8,11,14H,9H2,1-3H3/t11-,14-/m1/s1. The molecule has 2 atom stereocenters. The number of hydrogen-bond donors (Lipinski definition) is 0. The van der Waals surface area contributed by atoms with E-state index in [1.54, 1.807) is 5.06 Å². The maximum atomic E-state index is 11.9. The molecule has 106 valence electrons. The van der Waals surface area contributed by atoms with Crippen LogP contribution in [0.15, 0.2) is 30.3 Å². The van der Waals surface area contributed by atoms with Gasteiger partial charge in [0.05, 0.1) is 19.8 Å². The van der Waals surface area contributed by atoms with Crippen LogP contribution in [0.4, 0.5) is 0 Å². The molecule has 0 radical (unpaired) electrons. The molecule has 1 aromatic carbocycles. The fourth-order valence-electron chi connectivity index (χ4n) is 2.96. The number of fused-ring (bicyclic) bond motifs is 1. The Balaban J connectivity index is 2.08. The average Bonchev–Trinajstić information content (AvgIpc) is 2.99. The van der Waals surface area contributed by atoms with E-state index in [9.17, 15) is 4.79 Å². The lowest BCUT2D eigenvalue weighted by molar-refractivity contribution is -0.145. The summed E-state index contributed by atoms with van der Waals surface area (Å²) in [5.74, 6) is -0.530. The molecule has 1 fully saturated rings. The molecule has 3 rings (SSSR count). The summed E-state index contributed by atoms with van der Waals surface area (Å²) < 4.78 is 7.01. The first-order valence-corrected chi connectivity index (χ1v) is 6.61. The molecule has 1 aliphatic heterocycles. The number of esters is 1. The third-order valence-corrected chi connectivity index (χ3v) is 4.03. The van der Waals surface area contributed by atoms with Crippen LogP contribution in [0.3, 0.4) is 0 Å². The van der Waals surface area contributed by atoms with Gasteiger partial charge >= 0.3 is 5.97 Å². The number of aromatic nitrogens is 1. The van der Waals surface area contributed by atoms with Crippen LogP contribution in [-0.2, 0) is 21.4 Å². The summed E-state index contributed by atoms with van der Waals surface area (Å²) >= 11 is 0. The molecule has 5 nitrogen and oxygen atoms in total. The maximum Gasteiger partial charge on any atom is 0.313 e. The van der Waals surface area contributed by atoms with Crippen LogP contribution in [0.1, 0.15) is 11.7 Å². The number of benzene rings is 1. The van der Waals surface area contributed by atoms with Crippen LogP contribution in [0, 0.1) is 5.92 Å². The molecule has 2 aromatic rings. The first-order chi connectivity index (χ1) is 9.63. The van der Waals surface area contributed by atoms with Gasteiger partial charge in [-0.3, -0.25) is 9.63 Å². The molecular formula is C15H18N2O3. The first-order valence-electron chi connectivity index (χ1n) is 6.61. The largest absolute Gasteiger partial charge is 0.469 e. The van der Waals surface area contributed by atoms with Gasteiger partial charge in [-0.25, -0.2) is 0 Å². The van der Waals surface area contributed by atoms with Crippen LogP contribution in [0.25, 0.3) is 10.9 Å². The number of nitrogens with zero attached hydrogens (tertiary/aromatic N) is 2. The highest BCUT2D eigenvalue weighted by Gasteiger charge is 2.41. The quantitative estimate of drug-likeness (QED) is 0.784. The zero-order valence-corrected chi connectivity index (χ0v) is 11.9. The van der Waals surface area contributed by atoms with E-state index >= 15 is 0 Å². The minimum atomic E-state index is -0.298. The van der Waals surface area contributed by atoms with E-state index in [1.165, 1.54) is 7.11 Å². The van der Waals surface area contributed by atoms with E-state index < -0.39 is 0 Å². The van der Waals surface area contributed by atoms with Crippen LogP contribution in [0.2, 0.25) is 0 Å². The number of hydroxylamine groups is 2. The van der Waals surface area contributed by atoms with E-state index in [1.807, 2.05) is 26.2 Å². The zero-order valence-electron chi connectivity index (χ0n) is 11.9. The van der Waals surface area contributed by atoms with Gasteiger partial charge in [0, 0.05) is 25.3 Å². The summed E-state index contributed by atoms with van der Waals surface area (Å²) in [4.78, 5) is 17.5. The van der Waals surface area contributed by atoms with Gasteiger partial charge in [-0.15, -0.1) is 0 Å². The van der Waals surface area contributed by atoms with Crippen LogP contribution >= 0.6 is 0 Å². The van der Waals surface area contributed by atoms with Crippen molar-refractivity contribution in [1.82, 2.24) is 9.63 Å². The second-order valence-electron chi connectivity index (χ2n) is 5.10. The highest BCUT2D eigenvalue weighted by Crippen LogP contribution is 2.36. The number of para-hydroxylation sites is 1. The molecule has 0 unspecified atom stereocenters. The van der Waals surface area contributed by atoms with Crippen molar-refractivity contribution in [3.63, 3.8) is 0 Å². The second kappa shape index (κ2) is 4.92. The van der Waals surface area contributed by atoms with Gasteiger partial charge in [-0.2, -0.15) is 5.06 Å². The van der Waals surface area contributed by atoms with E-state index in [4.69, 9.17) is 9.57 Å². The molecule has 0 amide bonds. The smallest absolute Gasteiger partial charge is 0.313 e. The molecule has 20 heavy (non-hydrogen) atoms. The van der Waals surface area contributed by atoms with E-state index in [0.717, 1.165) is 16.6 Å². The number of carbonyl (C=O) groups excluding carboxylic acids is 1. The number of ether oxygens (including phenoxy) is 1. The Morgan fingerprint density at radius 2 is 2.10 bits per heavy atom. The number of rotatable bonds is 2. The molecular weight excluding hydrogens is 256 g/mol. The average molecular weight is 274 g/mol. The van der Waals surface area contributed by atoms with Gasteiger partial charge in [-0.1, -0.05) is 18.2 Å². The fraction of sp³-hybridized carbons (Fsp3) is 0.400. The molecule has 1 saturated heterocycles. The lowest BCUT2D eigenvalue weighted by Crippen LogP contribution is -2.28. The monoisotopic (exact) mass is 274 g/mol. The number of carbonyl (C=O) groups is 1. The number of aryl methyl sites for hydroxylation is 1. The topological polar surface area (TPSA) is 43.7 Å². The van der Waals surface area contributed by atoms with E-state index in [0.29, 0.717) is 6.61 Å². The van der Waals surface area contributed by atoms with Gasteiger partial charge in [0.1, 0.15) is 5.92 Å². The minimum absolute atomic E-state index is 0.125. The lowest BCUT2D eigenvalue weighted by atomic mass is 9.98. The normalized spacial score (nSPS) is 23.4. The zero-order chi connectivity index (χ0) is 14.3. The van der Waals surface area contributed by atoms with Gasteiger partial charge in [0.2, 0.25) is 0 Å². The summed E-state index contributed by atoms with van der Waals surface area (Å²) in [5.41, 5.74) is 2.20. The highest BCUT2D eigenvalue weighted by molar-refractivity contribution is 5.82. The first kappa shape index (κ1) is 13.1. The van der Waals surface area contributed by atoms with Crippen molar-refractivity contribution in [2.45, 2.75) is 6.04 Å². The van der Waals surface area contributed by atoms with Crippen molar-refractivity contribution >= 4 is 16.9 Å². The van der Waals surface area contributed by atoms with Crippen LogP contribution in [0.5, 0.6) is 0 Å². The predicted molar refractivity (Wildman–Crippen MR) is 74.9 cm³/mol. The Kier molecular flexibility index (Phi) is 3.23. The van der Waals surface area contributed by atoms with Crippen molar-refractivity contribution in [2.24, 2.45) is 13.0 Å². The Hall–Kier alpha value is -1.85. The summed E-state index contributed by atoms with van der Waals surface area (Å²) in [6.07, 6.45) is 0. The molecule has 0 bridgehead atoms. The molecule has 0 spiro atoms. The summed E-state index contributed by atoms with van der Waals surface area (Å²) in [6.45, 7) is 0.357. The van der Waals surface area contributed by atoms with Gasteiger partial charge < -0.3 is 9.30 Å². The molecule has 0 saturated carbocycles. The van der Waals surface area contributed by atoms with Crippen LogP contribution < -0.4 is 0 Å². The molecule has 1 aliphatic rings. The predicted octanol–water partition coefficient (Wildman–Crippen LogP) is 1.89. The van der Waals surface area contributed by atoms with E-state index in [-0.39, 0.29) is 17.9 Å². The highest BCUT2D eigenvalue weighted by atomic mass is 16.7. The van der Waals surface area contributed by atoms with Crippen molar-refractivity contribution < 1.29 is 14.4 Å². The van der Waals surface area contributed by atoms with Crippen molar-refractivity contribution in [3.8, 4) is 0 Å². The maximum absolute atomic E-state index is 11.9. The van der Waals surface area contributed by atoms with Crippen LogP contribution in [-0.4, -0.2) is 36.4 Å². The number of methoxy groups -OCH3 is 1. The lowest BCUT2D eigenvalue weighted by Gasteiger charge is -2.22. The summed E-state index contributed by atoms with van der Waals surface area (Å²) in [7, 11) is 5.28. The molecule has 0 N–H and O–H groups in total. The Morgan fingerprint density at radius 1 is 1.35 bits per heavy atom. The third-order valence-electron chi connectivity index (χ3n) is 4.03. The van der Waals surface area contributed by atoms with Gasteiger partial charge in [-0.05, 0) is 17.5 Å². The molecule has 2 heterocycles. The van der Waals surface area contributed by atoms with Crippen molar-refractivity contribution in [3.05, 3.63) is 36.0 Å². The minimum Gasteiger partial charge on any atom is -0.469 e. The Morgan fingerprint density at radius 3 is 2.80 bits per heavy atom. The van der Waals surface area contributed by atoms with Crippen molar-refractivity contribution in [1.29, 1.82) is 0 Å². The second-order valence-corrected chi connectivity index (χ2v) is 5.10. The molecule has 0 aliphatic carbocycles. The van der Waals surface area contributed by atoms with Gasteiger partial charge in [0.25, 0.3) is 0 Å².